The minimum atomic E-state index is -0.974. The summed E-state index contributed by atoms with van der Waals surface area (Å²) < 4.78 is 0. The summed E-state index contributed by atoms with van der Waals surface area (Å²) in [7, 11) is 0. The van der Waals surface area contributed by atoms with E-state index in [1.165, 1.54) is 17.1 Å². The van der Waals surface area contributed by atoms with Crippen LogP contribution >= 0.6 is 0 Å². The molecule has 0 amide bonds. The average Bonchev–Trinajstić information content (AvgIpc) is 3.04. The average molecular weight is 206 g/mol. The van der Waals surface area contributed by atoms with Crippen LogP contribution in [-0.2, 0) is 0 Å². The van der Waals surface area contributed by atoms with Crippen LogP contribution in [0.5, 0.6) is 0 Å². The number of hydrogen-bond acceptors (Lipinski definition) is 3. The molecule has 1 aromatic carbocycles. The van der Waals surface area contributed by atoms with Gasteiger partial charge in [-0.25, -0.2) is 9.80 Å². The van der Waals surface area contributed by atoms with Crippen molar-refractivity contribution in [1.29, 1.82) is 0 Å². The second kappa shape index (κ2) is 3.68. The highest BCUT2D eigenvalue weighted by molar-refractivity contribution is 5.88. The lowest BCUT2D eigenvalue weighted by Gasteiger charge is -2.13. The van der Waals surface area contributed by atoms with Gasteiger partial charge in [0, 0.05) is 0 Å². The SMILES string of the molecule is O=NN(c1ccc(C(=O)O)cc1)C1CC1. The van der Waals surface area contributed by atoms with Crippen molar-refractivity contribution in [2.45, 2.75) is 18.9 Å². The Kier molecular flexibility index (Phi) is 2.37. The zero-order chi connectivity index (χ0) is 10.8. The number of nitrogens with zero attached hydrogens (tertiary/aromatic N) is 2. The smallest absolute Gasteiger partial charge is 0.335 e. The van der Waals surface area contributed by atoms with Gasteiger partial charge >= 0.3 is 5.97 Å². The van der Waals surface area contributed by atoms with Crippen LogP contribution in [0.25, 0.3) is 0 Å². The fourth-order valence-corrected chi connectivity index (χ4v) is 1.40. The first-order valence-electron chi connectivity index (χ1n) is 4.68. The molecule has 78 valence electrons. The van der Waals surface area contributed by atoms with Crippen molar-refractivity contribution in [3.8, 4) is 0 Å². The second-order valence-electron chi connectivity index (χ2n) is 3.51. The van der Waals surface area contributed by atoms with Gasteiger partial charge in [-0.05, 0) is 37.1 Å². The van der Waals surface area contributed by atoms with Gasteiger partial charge in [-0.15, -0.1) is 4.91 Å². The quantitative estimate of drug-likeness (QED) is 0.604. The van der Waals surface area contributed by atoms with E-state index in [1.54, 1.807) is 12.1 Å². The van der Waals surface area contributed by atoms with Gasteiger partial charge in [0.2, 0.25) is 0 Å². The Morgan fingerprint density at radius 3 is 2.33 bits per heavy atom. The molecular formula is C10H10N2O3. The number of carbonyl (C=O) groups is 1. The first kappa shape index (κ1) is 9.64. The molecule has 0 radical (unpaired) electrons. The monoisotopic (exact) mass is 206 g/mol. The molecular weight excluding hydrogens is 196 g/mol. The van der Waals surface area contributed by atoms with Crippen LogP contribution in [0, 0.1) is 4.91 Å². The highest BCUT2D eigenvalue weighted by Gasteiger charge is 2.30. The third-order valence-electron chi connectivity index (χ3n) is 2.36. The highest BCUT2D eigenvalue weighted by Crippen LogP contribution is 2.31. The highest BCUT2D eigenvalue weighted by atomic mass is 16.4. The summed E-state index contributed by atoms with van der Waals surface area (Å²) in [5, 5.41) is 13.0. The lowest BCUT2D eigenvalue weighted by atomic mass is 10.2. The second-order valence-corrected chi connectivity index (χ2v) is 3.51. The summed E-state index contributed by atoms with van der Waals surface area (Å²) in [6, 6.07) is 6.33. The van der Waals surface area contributed by atoms with E-state index < -0.39 is 5.97 Å². The van der Waals surface area contributed by atoms with Crippen molar-refractivity contribution in [2.24, 2.45) is 5.29 Å². The molecule has 1 fully saturated rings. The Morgan fingerprint density at radius 2 is 1.93 bits per heavy atom. The first-order valence-corrected chi connectivity index (χ1v) is 4.68. The number of aromatic carboxylic acids is 1. The normalized spacial score (nSPS) is 14.7. The zero-order valence-electron chi connectivity index (χ0n) is 7.96. The molecule has 0 aromatic heterocycles. The van der Waals surface area contributed by atoms with Crippen molar-refractivity contribution in [3.63, 3.8) is 0 Å². The van der Waals surface area contributed by atoms with Gasteiger partial charge in [0.05, 0.1) is 22.6 Å². The molecule has 0 aliphatic heterocycles. The third-order valence-corrected chi connectivity index (χ3v) is 2.36. The van der Waals surface area contributed by atoms with Crippen molar-refractivity contribution in [3.05, 3.63) is 34.7 Å². The Hall–Kier alpha value is -1.91. The van der Waals surface area contributed by atoms with Crippen LogP contribution in [-0.4, -0.2) is 17.1 Å². The lowest BCUT2D eigenvalue weighted by molar-refractivity contribution is 0.0697. The lowest BCUT2D eigenvalue weighted by Crippen LogP contribution is -2.17. The summed E-state index contributed by atoms with van der Waals surface area (Å²) >= 11 is 0. The van der Waals surface area contributed by atoms with Crippen LogP contribution in [0.4, 0.5) is 5.69 Å². The van der Waals surface area contributed by atoms with E-state index in [0.717, 1.165) is 12.8 Å². The molecule has 1 aromatic rings. The van der Waals surface area contributed by atoms with Crippen molar-refractivity contribution >= 4 is 11.7 Å². The zero-order valence-corrected chi connectivity index (χ0v) is 7.96. The van der Waals surface area contributed by atoms with Gasteiger partial charge in [0.1, 0.15) is 0 Å². The van der Waals surface area contributed by atoms with Crippen LogP contribution in [0.1, 0.15) is 23.2 Å². The number of carboxylic acid groups (broad SMARTS) is 1. The minimum Gasteiger partial charge on any atom is -0.478 e. The fraction of sp³-hybridized carbons (Fsp3) is 0.300. The predicted octanol–water partition coefficient (Wildman–Crippen LogP) is 2.04. The first-order chi connectivity index (χ1) is 7.22. The van der Waals surface area contributed by atoms with E-state index in [9.17, 15) is 9.70 Å². The molecule has 1 N–H and O–H groups in total. The molecule has 0 bridgehead atoms. The largest absolute Gasteiger partial charge is 0.478 e. The Labute approximate surface area is 86.3 Å². The maximum atomic E-state index is 10.6. The van der Waals surface area contributed by atoms with Gasteiger partial charge in [-0.1, -0.05) is 0 Å². The van der Waals surface area contributed by atoms with Crippen LogP contribution < -0.4 is 5.01 Å². The molecule has 0 unspecified atom stereocenters. The van der Waals surface area contributed by atoms with Gasteiger partial charge in [0.15, 0.2) is 0 Å². The molecule has 0 heterocycles. The topological polar surface area (TPSA) is 70.0 Å². The molecule has 1 aliphatic carbocycles. The van der Waals surface area contributed by atoms with E-state index in [0.29, 0.717) is 5.69 Å². The molecule has 1 saturated carbocycles. The molecule has 2 rings (SSSR count). The maximum Gasteiger partial charge on any atom is 0.335 e. The van der Waals surface area contributed by atoms with Gasteiger partial charge in [-0.3, -0.25) is 0 Å². The summed E-state index contributed by atoms with van der Waals surface area (Å²) in [6.45, 7) is 0. The summed E-state index contributed by atoms with van der Waals surface area (Å²) in [4.78, 5) is 21.2. The Morgan fingerprint density at radius 1 is 1.33 bits per heavy atom. The number of carboxylic acids is 1. The molecule has 1 aliphatic rings. The molecule has 0 saturated heterocycles. The predicted molar refractivity (Wildman–Crippen MR) is 54.7 cm³/mol. The van der Waals surface area contributed by atoms with E-state index in [1.807, 2.05) is 0 Å². The van der Waals surface area contributed by atoms with Crippen molar-refractivity contribution in [1.82, 2.24) is 0 Å². The minimum absolute atomic E-state index is 0.193. The molecule has 5 nitrogen and oxygen atoms in total. The van der Waals surface area contributed by atoms with Gasteiger partial charge < -0.3 is 5.11 Å². The van der Waals surface area contributed by atoms with Crippen LogP contribution in [0.2, 0.25) is 0 Å². The number of benzene rings is 1. The number of anilines is 1. The molecule has 0 atom stereocenters. The van der Waals surface area contributed by atoms with E-state index in [4.69, 9.17) is 5.11 Å². The molecule has 5 heteroatoms. The Bertz CT molecular complexity index is 384. The van der Waals surface area contributed by atoms with Crippen molar-refractivity contribution < 1.29 is 9.90 Å². The maximum absolute atomic E-state index is 10.6. The number of rotatable bonds is 4. The standard InChI is InChI=1S/C10H10N2O3/c13-10(14)7-1-3-8(4-2-7)12(11-15)9-5-6-9/h1-4,9H,5-6H2,(H,13,14). The summed E-state index contributed by atoms with van der Waals surface area (Å²) in [5.74, 6) is -0.974. The van der Waals surface area contributed by atoms with E-state index in [-0.39, 0.29) is 11.6 Å². The van der Waals surface area contributed by atoms with Crippen LogP contribution in [0.3, 0.4) is 0 Å². The summed E-state index contributed by atoms with van der Waals surface area (Å²) in [5.41, 5.74) is 0.859. The third kappa shape index (κ3) is 1.96. The van der Waals surface area contributed by atoms with Gasteiger partial charge in [0.25, 0.3) is 0 Å². The van der Waals surface area contributed by atoms with E-state index >= 15 is 0 Å². The molecule has 15 heavy (non-hydrogen) atoms. The molecule has 0 spiro atoms. The fourth-order valence-electron chi connectivity index (χ4n) is 1.40. The number of nitroso groups, excluding NO2 is 1. The van der Waals surface area contributed by atoms with E-state index in [2.05, 4.69) is 5.29 Å². The Balaban J connectivity index is 2.21. The van der Waals surface area contributed by atoms with Crippen molar-refractivity contribution in [2.75, 3.05) is 5.01 Å². The van der Waals surface area contributed by atoms with Gasteiger partial charge in [-0.2, -0.15) is 0 Å². The number of hydrogen-bond donors (Lipinski definition) is 1. The summed E-state index contributed by atoms with van der Waals surface area (Å²) in [6.07, 6.45) is 1.93. The van der Waals surface area contributed by atoms with Crippen LogP contribution in [0.15, 0.2) is 29.6 Å².